The Morgan fingerprint density at radius 2 is 1.14 bits per heavy atom. The summed E-state index contributed by atoms with van der Waals surface area (Å²) in [4.78, 5) is 12.3. The molecule has 0 saturated carbocycles. The molecule has 0 aliphatic carbocycles. The zero-order valence-electron chi connectivity index (χ0n) is 23.5. The van der Waals surface area contributed by atoms with Crippen LogP contribution in [0.15, 0.2) is 40.8 Å². The first kappa shape index (κ1) is 30.8. The average molecular weight is 514 g/mol. The standard InChI is InChI=1S/C32H51NO4/c1-3-5-6-7-8-9-10-11-12-13-14-15-16-17-18-19-26-33-32(34)31-25-24-30(37-31)27-36-29-22-20-28(21-23-29)35-4-2/h20-25H,3-19,26-27H2,1-2H3,(H,33,34). The summed E-state index contributed by atoms with van der Waals surface area (Å²) in [6.07, 6.45) is 21.6. The molecule has 5 heteroatoms. The minimum atomic E-state index is -0.159. The normalized spacial score (nSPS) is 11.0. The fraction of sp³-hybridized carbons (Fsp3) is 0.656. The van der Waals surface area contributed by atoms with Crippen molar-refractivity contribution >= 4 is 5.91 Å². The summed E-state index contributed by atoms with van der Waals surface area (Å²) in [5, 5.41) is 2.97. The first-order chi connectivity index (χ1) is 18.2. The molecule has 2 rings (SSSR count). The smallest absolute Gasteiger partial charge is 0.286 e. The van der Waals surface area contributed by atoms with Crippen LogP contribution in [0.2, 0.25) is 0 Å². The number of unbranched alkanes of at least 4 members (excludes halogenated alkanes) is 15. The third kappa shape index (κ3) is 14.8. The third-order valence-corrected chi connectivity index (χ3v) is 6.72. The fourth-order valence-electron chi connectivity index (χ4n) is 4.49. The Kier molecular flexibility index (Phi) is 17.1. The molecule has 1 aromatic carbocycles. The van der Waals surface area contributed by atoms with Crippen molar-refractivity contribution in [3.05, 3.63) is 47.9 Å². The summed E-state index contributed by atoms with van der Waals surface area (Å²) in [6, 6.07) is 11.0. The van der Waals surface area contributed by atoms with Gasteiger partial charge in [-0.2, -0.15) is 0 Å². The molecule has 5 nitrogen and oxygen atoms in total. The van der Waals surface area contributed by atoms with Gasteiger partial charge in [0.2, 0.25) is 0 Å². The Labute approximate surface area is 225 Å². The molecule has 0 spiro atoms. The van der Waals surface area contributed by atoms with Crippen LogP contribution in [0.1, 0.15) is 133 Å². The first-order valence-electron chi connectivity index (χ1n) is 15.0. The van der Waals surface area contributed by atoms with Crippen LogP contribution in [0.4, 0.5) is 0 Å². The monoisotopic (exact) mass is 513 g/mol. The maximum Gasteiger partial charge on any atom is 0.286 e. The van der Waals surface area contributed by atoms with Gasteiger partial charge >= 0.3 is 0 Å². The molecule has 0 aliphatic heterocycles. The van der Waals surface area contributed by atoms with Crippen molar-refractivity contribution in [2.24, 2.45) is 0 Å². The van der Waals surface area contributed by atoms with Crippen LogP contribution in [-0.2, 0) is 6.61 Å². The van der Waals surface area contributed by atoms with Gasteiger partial charge in [-0.25, -0.2) is 0 Å². The van der Waals surface area contributed by atoms with Gasteiger partial charge in [0.25, 0.3) is 5.91 Å². The lowest BCUT2D eigenvalue weighted by Gasteiger charge is -2.06. The second-order valence-corrected chi connectivity index (χ2v) is 10.0. The van der Waals surface area contributed by atoms with E-state index in [2.05, 4.69) is 12.2 Å². The van der Waals surface area contributed by atoms with Crippen LogP contribution in [-0.4, -0.2) is 19.1 Å². The average Bonchev–Trinajstić information content (AvgIpc) is 3.39. The molecule has 1 heterocycles. The minimum absolute atomic E-state index is 0.159. The molecule has 0 unspecified atom stereocenters. The molecule has 0 fully saturated rings. The topological polar surface area (TPSA) is 60.7 Å². The van der Waals surface area contributed by atoms with E-state index < -0.39 is 0 Å². The van der Waals surface area contributed by atoms with Gasteiger partial charge in [0.15, 0.2) is 5.76 Å². The number of carbonyl (C=O) groups is 1. The summed E-state index contributed by atoms with van der Waals surface area (Å²) in [5.41, 5.74) is 0. The Bertz CT molecular complexity index is 814. The van der Waals surface area contributed by atoms with E-state index in [-0.39, 0.29) is 12.5 Å². The van der Waals surface area contributed by atoms with Gasteiger partial charge in [-0.15, -0.1) is 0 Å². The van der Waals surface area contributed by atoms with Crippen LogP contribution in [0, 0.1) is 0 Å². The molecular weight excluding hydrogens is 462 g/mol. The number of furan rings is 1. The van der Waals surface area contributed by atoms with E-state index in [1.807, 2.05) is 31.2 Å². The van der Waals surface area contributed by atoms with E-state index in [0.29, 0.717) is 24.7 Å². The number of rotatable bonds is 23. The summed E-state index contributed by atoms with van der Waals surface area (Å²) < 4.78 is 16.8. The molecular formula is C32H51NO4. The zero-order chi connectivity index (χ0) is 26.4. The van der Waals surface area contributed by atoms with Gasteiger partial charge in [0.1, 0.15) is 23.9 Å². The number of nitrogens with one attached hydrogen (secondary N) is 1. The van der Waals surface area contributed by atoms with Crippen molar-refractivity contribution in [3.8, 4) is 11.5 Å². The maximum atomic E-state index is 12.3. The van der Waals surface area contributed by atoms with Gasteiger partial charge in [-0.3, -0.25) is 4.79 Å². The largest absolute Gasteiger partial charge is 0.494 e. The van der Waals surface area contributed by atoms with Crippen molar-refractivity contribution < 1.29 is 18.7 Å². The molecule has 1 amide bonds. The van der Waals surface area contributed by atoms with Crippen LogP contribution < -0.4 is 14.8 Å². The van der Waals surface area contributed by atoms with Crippen LogP contribution in [0.3, 0.4) is 0 Å². The lowest BCUT2D eigenvalue weighted by molar-refractivity contribution is 0.0921. The highest BCUT2D eigenvalue weighted by Gasteiger charge is 2.11. The third-order valence-electron chi connectivity index (χ3n) is 6.72. The molecule has 0 atom stereocenters. The first-order valence-corrected chi connectivity index (χ1v) is 15.0. The molecule has 1 aromatic heterocycles. The van der Waals surface area contributed by atoms with Crippen molar-refractivity contribution in [2.75, 3.05) is 13.2 Å². The van der Waals surface area contributed by atoms with Gasteiger partial charge in [-0.1, -0.05) is 103 Å². The van der Waals surface area contributed by atoms with Crippen molar-refractivity contribution in [1.82, 2.24) is 5.32 Å². The van der Waals surface area contributed by atoms with Crippen LogP contribution in [0.5, 0.6) is 11.5 Å². The molecule has 37 heavy (non-hydrogen) atoms. The van der Waals surface area contributed by atoms with E-state index in [4.69, 9.17) is 13.9 Å². The fourth-order valence-corrected chi connectivity index (χ4v) is 4.49. The predicted octanol–water partition coefficient (Wildman–Crippen LogP) is 9.25. The van der Waals surface area contributed by atoms with Crippen molar-refractivity contribution in [1.29, 1.82) is 0 Å². The number of carbonyl (C=O) groups excluding carboxylic acids is 1. The second-order valence-electron chi connectivity index (χ2n) is 10.0. The zero-order valence-corrected chi connectivity index (χ0v) is 23.5. The van der Waals surface area contributed by atoms with Crippen LogP contribution >= 0.6 is 0 Å². The highest BCUT2D eigenvalue weighted by atomic mass is 16.5. The maximum absolute atomic E-state index is 12.3. The quantitative estimate of drug-likeness (QED) is 0.150. The lowest BCUT2D eigenvalue weighted by Crippen LogP contribution is -2.23. The van der Waals surface area contributed by atoms with Gasteiger partial charge < -0.3 is 19.2 Å². The Morgan fingerprint density at radius 3 is 1.65 bits per heavy atom. The Balaban J connectivity index is 1.41. The van der Waals surface area contributed by atoms with Crippen LogP contribution in [0.25, 0.3) is 0 Å². The molecule has 0 saturated heterocycles. The molecule has 2 aromatic rings. The molecule has 208 valence electrons. The van der Waals surface area contributed by atoms with E-state index in [1.54, 1.807) is 12.1 Å². The van der Waals surface area contributed by atoms with Gasteiger partial charge in [0, 0.05) is 6.54 Å². The van der Waals surface area contributed by atoms with Gasteiger partial charge in [-0.05, 0) is 49.7 Å². The second kappa shape index (κ2) is 20.6. The Morgan fingerprint density at radius 1 is 0.649 bits per heavy atom. The van der Waals surface area contributed by atoms with Crippen molar-refractivity contribution in [3.63, 3.8) is 0 Å². The summed E-state index contributed by atoms with van der Waals surface area (Å²) in [5.74, 6) is 2.35. The minimum Gasteiger partial charge on any atom is -0.494 e. The van der Waals surface area contributed by atoms with E-state index in [0.717, 1.165) is 24.3 Å². The van der Waals surface area contributed by atoms with E-state index in [9.17, 15) is 4.79 Å². The summed E-state index contributed by atoms with van der Waals surface area (Å²) >= 11 is 0. The van der Waals surface area contributed by atoms with E-state index in [1.165, 1.54) is 89.9 Å². The van der Waals surface area contributed by atoms with Crippen molar-refractivity contribution in [2.45, 2.75) is 123 Å². The number of benzene rings is 1. The molecule has 1 N–H and O–H groups in total. The number of hydrogen-bond donors (Lipinski definition) is 1. The Hall–Kier alpha value is -2.43. The number of hydrogen-bond acceptors (Lipinski definition) is 4. The SMILES string of the molecule is CCCCCCCCCCCCCCCCCCNC(=O)c1ccc(COc2ccc(OCC)cc2)o1. The highest BCUT2D eigenvalue weighted by Crippen LogP contribution is 2.19. The summed E-state index contributed by atoms with van der Waals surface area (Å²) in [6.45, 7) is 5.84. The number of ether oxygens (including phenoxy) is 2. The summed E-state index contributed by atoms with van der Waals surface area (Å²) in [7, 11) is 0. The predicted molar refractivity (Wildman–Crippen MR) is 153 cm³/mol. The number of amides is 1. The van der Waals surface area contributed by atoms with E-state index >= 15 is 0 Å². The highest BCUT2D eigenvalue weighted by molar-refractivity contribution is 5.91. The van der Waals surface area contributed by atoms with Gasteiger partial charge in [0.05, 0.1) is 6.61 Å². The molecule has 0 bridgehead atoms. The molecule has 0 aliphatic rings. The molecule has 0 radical (unpaired) electrons. The lowest BCUT2D eigenvalue weighted by atomic mass is 10.0.